The lowest BCUT2D eigenvalue weighted by molar-refractivity contribution is -0.112. The molecule has 1 amide bonds. The Hall–Kier alpha value is -3.35. The van der Waals surface area contributed by atoms with E-state index in [0.29, 0.717) is 40.4 Å². The van der Waals surface area contributed by atoms with Crippen molar-refractivity contribution in [1.82, 2.24) is 0 Å². The average Bonchev–Trinajstić information content (AvgIpc) is 2.88. The summed E-state index contributed by atoms with van der Waals surface area (Å²) in [4.78, 5) is 12.7. The summed E-state index contributed by atoms with van der Waals surface area (Å²) in [5.74, 6) is 0.599. The Morgan fingerprint density at radius 1 is 1.06 bits per heavy atom. The number of halogens is 2. The van der Waals surface area contributed by atoms with Crippen LogP contribution >= 0.6 is 38.5 Å². The van der Waals surface area contributed by atoms with Gasteiger partial charge in [-0.25, -0.2) is 0 Å². The van der Waals surface area contributed by atoms with Crippen LogP contribution in [0.15, 0.2) is 88.9 Å². The molecule has 5 nitrogen and oxygen atoms in total. The van der Waals surface area contributed by atoms with Gasteiger partial charge in [0.05, 0.1) is 11.1 Å². The van der Waals surface area contributed by atoms with Gasteiger partial charge in [-0.15, -0.1) is 0 Å². The number of hydrogen-bond acceptors (Lipinski definition) is 4. The molecule has 4 rings (SSSR count). The van der Waals surface area contributed by atoms with Gasteiger partial charge in [0.25, 0.3) is 5.91 Å². The third-order valence-electron chi connectivity index (χ3n) is 5.36. The molecule has 1 N–H and O–H groups in total. The van der Waals surface area contributed by atoms with Gasteiger partial charge < -0.3 is 14.8 Å². The van der Waals surface area contributed by atoms with Crippen molar-refractivity contribution in [3.63, 3.8) is 0 Å². The molecular formula is C29H22BrIN2O3. The number of benzene rings is 4. The van der Waals surface area contributed by atoms with Crippen LogP contribution in [-0.4, -0.2) is 12.5 Å². The van der Waals surface area contributed by atoms with Crippen LogP contribution in [0.25, 0.3) is 16.8 Å². The van der Waals surface area contributed by atoms with Crippen molar-refractivity contribution in [3.05, 3.63) is 104 Å². The largest absolute Gasteiger partial charge is 0.490 e. The van der Waals surface area contributed by atoms with Crippen molar-refractivity contribution >= 4 is 67.0 Å². The predicted molar refractivity (Wildman–Crippen MR) is 155 cm³/mol. The summed E-state index contributed by atoms with van der Waals surface area (Å²) < 4.78 is 13.8. The second-order valence-corrected chi connectivity index (χ2v) is 9.92. The van der Waals surface area contributed by atoms with Crippen molar-refractivity contribution in [3.8, 4) is 17.6 Å². The number of hydrogen-bond donors (Lipinski definition) is 1. The number of fused-ring (bicyclic) bond motifs is 1. The smallest absolute Gasteiger partial charge is 0.266 e. The molecule has 0 saturated heterocycles. The molecule has 0 saturated carbocycles. The molecule has 0 aliphatic rings. The quantitative estimate of drug-likeness (QED) is 0.120. The Bertz CT molecular complexity index is 1470. The zero-order valence-electron chi connectivity index (χ0n) is 19.4. The number of nitrogens with one attached hydrogen (secondary N) is 1. The van der Waals surface area contributed by atoms with Crippen LogP contribution < -0.4 is 14.8 Å². The lowest BCUT2D eigenvalue weighted by atomic mass is 10.1. The molecule has 0 aromatic heterocycles. The van der Waals surface area contributed by atoms with Gasteiger partial charge in [0.2, 0.25) is 0 Å². The van der Waals surface area contributed by atoms with E-state index in [9.17, 15) is 10.1 Å². The monoisotopic (exact) mass is 652 g/mol. The van der Waals surface area contributed by atoms with Crippen molar-refractivity contribution in [2.45, 2.75) is 13.5 Å². The summed E-state index contributed by atoms with van der Waals surface area (Å²) in [5, 5.41) is 14.7. The van der Waals surface area contributed by atoms with Gasteiger partial charge in [0.15, 0.2) is 11.5 Å². The number of nitrogens with zero attached hydrogens (tertiary/aromatic N) is 1. The van der Waals surface area contributed by atoms with Gasteiger partial charge in [-0.2, -0.15) is 5.26 Å². The van der Waals surface area contributed by atoms with Crippen molar-refractivity contribution in [2.75, 3.05) is 11.9 Å². The summed E-state index contributed by atoms with van der Waals surface area (Å²) in [6.45, 7) is 2.68. The van der Waals surface area contributed by atoms with Crippen molar-refractivity contribution in [1.29, 1.82) is 5.26 Å². The first-order chi connectivity index (χ1) is 17.5. The minimum absolute atomic E-state index is 0.0210. The third-order valence-corrected chi connectivity index (χ3v) is 6.67. The number of nitriles is 1. The molecule has 7 heteroatoms. The number of carbonyl (C=O) groups excluding carboxylic acids is 1. The summed E-state index contributed by atoms with van der Waals surface area (Å²) >= 11 is 5.77. The summed E-state index contributed by atoms with van der Waals surface area (Å²) in [5.41, 5.74) is 2.30. The van der Waals surface area contributed by atoms with Crippen LogP contribution in [0.1, 0.15) is 18.1 Å². The molecular weight excluding hydrogens is 631 g/mol. The Labute approximate surface area is 232 Å². The van der Waals surface area contributed by atoms with E-state index >= 15 is 0 Å². The fraction of sp³-hybridized carbons (Fsp3) is 0.103. The molecule has 36 heavy (non-hydrogen) atoms. The molecule has 4 aromatic rings. The van der Waals surface area contributed by atoms with Gasteiger partial charge in [0.1, 0.15) is 18.2 Å². The normalized spacial score (nSPS) is 11.1. The molecule has 0 bridgehead atoms. The van der Waals surface area contributed by atoms with Crippen LogP contribution in [0.5, 0.6) is 11.5 Å². The highest BCUT2D eigenvalue weighted by Gasteiger charge is 2.15. The lowest BCUT2D eigenvalue weighted by Crippen LogP contribution is -2.13. The molecule has 0 atom stereocenters. The molecule has 0 spiro atoms. The van der Waals surface area contributed by atoms with E-state index < -0.39 is 5.91 Å². The Balaban J connectivity index is 1.59. The maximum absolute atomic E-state index is 12.7. The number of carbonyl (C=O) groups is 1. The van der Waals surface area contributed by atoms with E-state index in [-0.39, 0.29) is 5.57 Å². The van der Waals surface area contributed by atoms with Gasteiger partial charge >= 0.3 is 0 Å². The van der Waals surface area contributed by atoms with Gasteiger partial charge in [-0.05, 0) is 110 Å². The number of rotatable bonds is 8. The van der Waals surface area contributed by atoms with Gasteiger partial charge in [-0.3, -0.25) is 4.79 Å². The maximum Gasteiger partial charge on any atom is 0.266 e. The van der Waals surface area contributed by atoms with Gasteiger partial charge in [0, 0.05) is 9.26 Å². The SMILES string of the molecule is CCOc1cc(/C=C(/C#N)C(=O)Nc2ccc(I)cc2)cc(Br)c1OCc1cccc2ccccc12. The first-order valence-corrected chi connectivity index (χ1v) is 13.1. The van der Waals surface area contributed by atoms with E-state index in [2.05, 4.69) is 62.0 Å². The van der Waals surface area contributed by atoms with Crippen LogP contribution in [0.2, 0.25) is 0 Å². The molecule has 4 aromatic carbocycles. The fourth-order valence-electron chi connectivity index (χ4n) is 3.69. The predicted octanol–water partition coefficient (Wildman–Crippen LogP) is 7.73. The molecule has 0 aliphatic carbocycles. The zero-order chi connectivity index (χ0) is 25.5. The summed E-state index contributed by atoms with van der Waals surface area (Å²) in [7, 11) is 0. The molecule has 0 fully saturated rings. The molecule has 0 aliphatic heterocycles. The van der Waals surface area contributed by atoms with Crippen molar-refractivity contribution in [2.24, 2.45) is 0 Å². The van der Waals surface area contributed by atoms with E-state index in [0.717, 1.165) is 19.9 Å². The second kappa shape index (κ2) is 12.1. The van der Waals surface area contributed by atoms with Gasteiger partial charge in [-0.1, -0.05) is 42.5 Å². The first-order valence-electron chi connectivity index (χ1n) is 11.2. The minimum Gasteiger partial charge on any atom is -0.490 e. The molecule has 0 radical (unpaired) electrons. The molecule has 0 unspecified atom stereocenters. The highest BCUT2D eigenvalue weighted by molar-refractivity contribution is 14.1. The van der Waals surface area contributed by atoms with E-state index in [1.165, 1.54) is 6.08 Å². The van der Waals surface area contributed by atoms with Crippen molar-refractivity contribution < 1.29 is 14.3 Å². The third kappa shape index (κ3) is 6.25. The second-order valence-electron chi connectivity index (χ2n) is 7.82. The maximum atomic E-state index is 12.7. The molecule has 0 heterocycles. The number of ether oxygens (including phenoxy) is 2. The first kappa shape index (κ1) is 25.7. The minimum atomic E-state index is -0.482. The van der Waals surface area contributed by atoms with E-state index in [1.807, 2.05) is 49.4 Å². The number of amides is 1. The topological polar surface area (TPSA) is 71.3 Å². The fourth-order valence-corrected chi connectivity index (χ4v) is 4.62. The van der Waals surface area contributed by atoms with Crippen LogP contribution in [0.4, 0.5) is 5.69 Å². The van der Waals surface area contributed by atoms with E-state index in [4.69, 9.17) is 9.47 Å². The lowest BCUT2D eigenvalue weighted by Gasteiger charge is -2.16. The highest BCUT2D eigenvalue weighted by atomic mass is 127. The van der Waals surface area contributed by atoms with E-state index in [1.54, 1.807) is 24.3 Å². The van der Waals surface area contributed by atoms with Crippen LogP contribution in [0, 0.1) is 14.9 Å². The Morgan fingerprint density at radius 2 is 1.81 bits per heavy atom. The molecule has 180 valence electrons. The Morgan fingerprint density at radius 3 is 2.56 bits per heavy atom. The number of anilines is 1. The van der Waals surface area contributed by atoms with Crippen LogP contribution in [-0.2, 0) is 11.4 Å². The summed E-state index contributed by atoms with van der Waals surface area (Å²) in [6.07, 6.45) is 1.53. The zero-order valence-corrected chi connectivity index (χ0v) is 23.2. The average molecular weight is 653 g/mol. The summed E-state index contributed by atoms with van der Waals surface area (Å²) in [6, 6.07) is 27.2. The van der Waals surface area contributed by atoms with Crippen LogP contribution in [0.3, 0.4) is 0 Å². The Kier molecular flexibility index (Phi) is 8.62. The standard InChI is InChI=1S/C29H22BrIN2O3/c1-2-35-27-16-19(14-22(17-32)29(34)33-24-12-10-23(31)11-13-24)15-26(30)28(27)36-18-21-8-5-7-20-6-3-4-9-25(20)21/h3-16H,2,18H2,1H3,(H,33,34)/b22-14-. The highest BCUT2D eigenvalue weighted by Crippen LogP contribution is 2.38.